The zero-order valence-electron chi connectivity index (χ0n) is 15.2. The van der Waals surface area contributed by atoms with E-state index in [1.165, 1.54) is 11.1 Å². The van der Waals surface area contributed by atoms with Gasteiger partial charge in [-0.3, -0.25) is 5.01 Å². The highest BCUT2D eigenvalue weighted by atomic mass is 16.5. The molecule has 4 nitrogen and oxygen atoms in total. The van der Waals surface area contributed by atoms with E-state index in [9.17, 15) is 0 Å². The van der Waals surface area contributed by atoms with Crippen LogP contribution in [-0.4, -0.2) is 18.9 Å². The summed E-state index contributed by atoms with van der Waals surface area (Å²) in [6.07, 6.45) is 2.12. The van der Waals surface area contributed by atoms with Gasteiger partial charge >= 0.3 is 0 Å². The van der Waals surface area contributed by atoms with Gasteiger partial charge in [0.25, 0.3) is 0 Å². The molecular formula is C23H21N3O. The van der Waals surface area contributed by atoms with Crippen molar-refractivity contribution in [2.75, 3.05) is 17.2 Å². The molecule has 0 amide bonds. The molecule has 3 aromatic carbocycles. The fourth-order valence-electron chi connectivity index (χ4n) is 4.01. The molecule has 134 valence electrons. The van der Waals surface area contributed by atoms with Gasteiger partial charge in [0.15, 0.2) is 0 Å². The normalized spacial score (nSPS) is 18.0. The van der Waals surface area contributed by atoms with Crippen molar-refractivity contribution in [3.63, 3.8) is 0 Å². The van der Waals surface area contributed by atoms with Crippen LogP contribution >= 0.6 is 0 Å². The summed E-state index contributed by atoms with van der Waals surface area (Å²) in [6, 6.07) is 27.5. The van der Waals surface area contributed by atoms with Gasteiger partial charge in [-0.15, -0.1) is 0 Å². The number of benzene rings is 3. The number of para-hydroxylation sites is 1. The van der Waals surface area contributed by atoms with E-state index in [4.69, 9.17) is 9.84 Å². The van der Waals surface area contributed by atoms with Gasteiger partial charge in [0.2, 0.25) is 0 Å². The van der Waals surface area contributed by atoms with Crippen molar-refractivity contribution < 1.29 is 4.74 Å². The van der Waals surface area contributed by atoms with E-state index in [1.807, 2.05) is 17.3 Å². The third-order valence-electron chi connectivity index (χ3n) is 5.32. The first-order chi connectivity index (χ1) is 13.3. The van der Waals surface area contributed by atoms with E-state index >= 15 is 0 Å². The van der Waals surface area contributed by atoms with Gasteiger partial charge in [-0.1, -0.05) is 42.5 Å². The standard InChI is InChI=1S/C23H21N3O/c1-27-20-14-12-19(13-15-20)26-24-23-21-10-6-5-7-17(21)11-16-22(23)25(26)18-8-3-2-4-9-18/h2-10,12-15,22H,11,16H2,1H3/t22-/m0/s1. The average molecular weight is 355 g/mol. The van der Waals surface area contributed by atoms with E-state index in [0.29, 0.717) is 0 Å². The largest absolute Gasteiger partial charge is 0.497 e. The maximum atomic E-state index is 5.32. The van der Waals surface area contributed by atoms with Crippen LogP contribution in [0.1, 0.15) is 17.5 Å². The molecule has 0 bridgehead atoms. The van der Waals surface area contributed by atoms with Crippen LogP contribution in [0, 0.1) is 0 Å². The number of fused-ring (bicyclic) bond motifs is 3. The second-order valence-electron chi connectivity index (χ2n) is 6.86. The Morgan fingerprint density at radius 2 is 1.59 bits per heavy atom. The third kappa shape index (κ3) is 2.65. The van der Waals surface area contributed by atoms with Crippen molar-refractivity contribution in [2.24, 2.45) is 5.10 Å². The second kappa shape index (κ2) is 6.47. The maximum absolute atomic E-state index is 5.32. The fourth-order valence-corrected chi connectivity index (χ4v) is 4.01. The predicted molar refractivity (Wildman–Crippen MR) is 109 cm³/mol. The molecular weight excluding hydrogens is 334 g/mol. The van der Waals surface area contributed by atoms with Gasteiger partial charge in [0.1, 0.15) is 5.75 Å². The molecule has 1 atom stereocenters. The Bertz CT molecular complexity index is 982. The first-order valence-corrected chi connectivity index (χ1v) is 9.30. The van der Waals surface area contributed by atoms with Gasteiger partial charge in [0.05, 0.1) is 30.2 Å². The van der Waals surface area contributed by atoms with Crippen LogP contribution in [0.3, 0.4) is 0 Å². The lowest BCUT2D eigenvalue weighted by Gasteiger charge is -2.35. The summed E-state index contributed by atoms with van der Waals surface area (Å²) in [7, 11) is 1.69. The van der Waals surface area contributed by atoms with Crippen LogP contribution in [0.5, 0.6) is 5.75 Å². The Balaban J connectivity index is 1.63. The summed E-state index contributed by atoms with van der Waals surface area (Å²) in [6.45, 7) is 0. The summed E-state index contributed by atoms with van der Waals surface area (Å²) in [5, 5.41) is 9.42. The molecule has 1 heterocycles. The Hall–Kier alpha value is -3.27. The smallest absolute Gasteiger partial charge is 0.119 e. The number of hydrogen-bond acceptors (Lipinski definition) is 4. The van der Waals surface area contributed by atoms with E-state index < -0.39 is 0 Å². The Labute approximate surface area is 159 Å². The molecule has 0 spiro atoms. The van der Waals surface area contributed by atoms with Crippen LogP contribution in [0.4, 0.5) is 11.4 Å². The Kier molecular flexibility index (Phi) is 3.82. The summed E-state index contributed by atoms with van der Waals surface area (Å²) < 4.78 is 5.32. The van der Waals surface area contributed by atoms with Gasteiger partial charge in [-0.05, 0) is 54.8 Å². The average Bonchev–Trinajstić information content (AvgIpc) is 3.14. The van der Waals surface area contributed by atoms with E-state index in [2.05, 4.69) is 71.7 Å². The minimum absolute atomic E-state index is 0.240. The van der Waals surface area contributed by atoms with Gasteiger partial charge in [-0.2, -0.15) is 10.2 Å². The van der Waals surface area contributed by atoms with E-state index in [-0.39, 0.29) is 6.04 Å². The molecule has 0 saturated carbocycles. The molecule has 3 aromatic rings. The Morgan fingerprint density at radius 3 is 2.37 bits per heavy atom. The minimum Gasteiger partial charge on any atom is -0.497 e. The molecule has 1 aliphatic carbocycles. The number of nitrogens with zero attached hydrogens (tertiary/aromatic N) is 3. The molecule has 5 rings (SSSR count). The summed E-state index contributed by atoms with van der Waals surface area (Å²) in [5.74, 6) is 0.847. The fraction of sp³-hybridized carbons (Fsp3) is 0.174. The van der Waals surface area contributed by atoms with Crippen LogP contribution in [0.25, 0.3) is 0 Å². The monoisotopic (exact) mass is 355 g/mol. The van der Waals surface area contributed by atoms with Crippen molar-refractivity contribution in [1.82, 2.24) is 0 Å². The first kappa shape index (κ1) is 15.9. The lowest BCUT2D eigenvalue weighted by molar-refractivity contribution is 0.415. The lowest BCUT2D eigenvalue weighted by Crippen LogP contribution is -2.45. The second-order valence-corrected chi connectivity index (χ2v) is 6.86. The first-order valence-electron chi connectivity index (χ1n) is 9.30. The number of methoxy groups -OCH3 is 1. The molecule has 1 aliphatic heterocycles. The highest BCUT2D eigenvalue weighted by Crippen LogP contribution is 2.37. The van der Waals surface area contributed by atoms with Crippen molar-refractivity contribution >= 4 is 17.1 Å². The van der Waals surface area contributed by atoms with Crippen LogP contribution < -0.4 is 14.9 Å². The molecule has 0 fully saturated rings. The SMILES string of the molecule is COc1ccc(N2N=C3c4ccccc4CC[C@@H]3N2c2ccccc2)cc1. The van der Waals surface area contributed by atoms with Crippen molar-refractivity contribution in [2.45, 2.75) is 18.9 Å². The third-order valence-corrected chi connectivity index (χ3v) is 5.32. The van der Waals surface area contributed by atoms with Crippen LogP contribution in [-0.2, 0) is 6.42 Å². The molecule has 27 heavy (non-hydrogen) atoms. The summed E-state index contributed by atoms with van der Waals surface area (Å²) >= 11 is 0. The van der Waals surface area contributed by atoms with Gasteiger partial charge in [-0.25, -0.2) is 0 Å². The van der Waals surface area contributed by atoms with Crippen molar-refractivity contribution in [3.05, 3.63) is 90.0 Å². The van der Waals surface area contributed by atoms with Crippen LogP contribution in [0.15, 0.2) is 84.0 Å². The summed E-state index contributed by atoms with van der Waals surface area (Å²) in [4.78, 5) is 0. The molecule has 0 N–H and O–H groups in total. The number of rotatable bonds is 3. The number of ether oxygens (including phenoxy) is 1. The number of anilines is 2. The summed E-state index contributed by atoms with van der Waals surface area (Å²) in [5.41, 5.74) is 5.98. The minimum atomic E-state index is 0.240. The zero-order valence-corrected chi connectivity index (χ0v) is 15.2. The topological polar surface area (TPSA) is 28.1 Å². The maximum Gasteiger partial charge on any atom is 0.119 e. The quantitative estimate of drug-likeness (QED) is 0.684. The highest BCUT2D eigenvalue weighted by molar-refractivity contribution is 6.10. The van der Waals surface area contributed by atoms with Crippen molar-refractivity contribution in [1.29, 1.82) is 0 Å². The molecule has 0 saturated heterocycles. The zero-order chi connectivity index (χ0) is 18.2. The van der Waals surface area contributed by atoms with Crippen LogP contribution in [0.2, 0.25) is 0 Å². The van der Waals surface area contributed by atoms with Gasteiger partial charge in [0, 0.05) is 5.56 Å². The number of hydrazone groups is 1. The Morgan fingerprint density at radius 1 is 0.852 bits per heavy atom. The van der Waals surface area contributed by atoms with E-state index in [1.54, 1.807) is 7.11 Å². The number of aryl methyl sites for hydroxylation is 1. The predicted octanol–water partition coefficient (Wildman–Crippen LogP) is 4.66. The number of hydrazine groups is 1. The number of hydrogen-bond donors (Lipinski definition) is 0. The highest BCUT2D eigenvalue weighted by Gasteiger charge is 2.39. The molecule has 0 radical (unpaired) electrons. The van der Waals surface area contributed by atoms with Crippen molar-refractivity contribution in [3.8, 4) is 5.75 Å². The molecule has 4 heteroatoms. The lowest BCUT2D eigenvalue weighted by atomic mass is 9.86. The van der Waals surface area contributed by atoms with Gasteiger partial charge < -0.3 is 4.74 Å². The molecule has 0 aromatic heterocycles. The molecule has 0 unspecified atom stereocenters. The molecule has 2 aliphatic rings. The van der Waals surface area contributed by atoms with E-state index in [0.717, 1.165) is 35.7 Å².